The number of halogens is 1. The summed E-state index contributed by atoms with van der Waals surface area (Å²) in [5.41, 5.74) is 1.56. The van der Waals surface area contributed by atoms with Crippen molar-refractivity contribution in [3.05, 3.63) is 35.4 Å². The SMILES string of the molecule is CS(=O)(=O)NC1CCCN(C(=O)c2ccc(CCl)cc2)C1. The molecule has 0 bridgehead atoms. The van der Waals surface area contributed by atoms with E-state index in [1.54, 1.807) is 17.0 Å². The second-order valence-corrected chi connectivity index (χ2v) is 7.36. The lowest BCUT2D eigenvalue weighted by atomic mass is 10.0. The molecule has 7 heteroatoms. The maximum absolute atomic E-state index is 12.4. The maximum atomic E-state index is 12.4. The van der Waals surface area contributed by atoms with Gasteiger partial charge in [-0.2, -0.15) is 0 Å². The van der Waals surface area contributed by atoms with Crippen LogP contribution >= 0.6 is 11.6 Å². The molecule has 5 nitrogen and oxygen atoms in total. The lowest BCUT2D eigenvalue weighted by Crippen LogP contribution is -2.49. The summed E-state index contributed by atoms with van der Waals surface area (Å²) in [4.78, 5) is 14.1. The summed E-state index contributed by atoms with van der Waals surface area (Å²) in [6, 6.07) is 6.97. The summed E-state index contributed by atoms with van der Waals surface area (Å²) in [5, 5.41) is 0. The summed E-state index contributed by atoms with van der Waals surface area (Å²) < 4.78 is 25.2. The fourth-order valence-electron chi connectivity index (χ4n) is 2.48. The molecule has 1 amide bonds. The van der Waals surface area contributed by atoms with E-state index in [2.05, 4.69) is 4.72 Å². The lowest BCUT2D eigenvalue weighted by Gasteiger charge is -2.32. The first-order valence-corrected chi connectivity index (χ1v) is 9.23. The van der Waals surface area contributed by atoms with Gasteiger partial charge in [0.1, 0.15) is 0 Å². The molecule has 0 spiro atoms. The fourth-order valence-corrected chi connectivity index (χ4v) is 3.46. The third-order valence-corrected chi connectivity index (χ3v) is 4.51. The number of hydrogen-bond donors (Lipinski definition) is 1. The van der Waals surface area contributed by atoms with Crippen LogP contribution in [0.3, 0.4) is 0 Å². The Morgan fingerprint density at radius 1 is 1.38 bits per heavy atom. The first kappa shape index (κ1) is 16.3. The quantitative estimate of drug-likeness (QED) is 0.852. The van der Waals surface area contributed by atoms with Crippen LogP contribution in [0, 0.1) is 0 Å². The number of likely N-dealkylation sites (tertiary alicyclic amines) is 1. The Morgan fingerprint density at radius 3 is 2.62 bits per heavy atom. The number of piperidine rings is 1. The van der Waals surface area contributed by atoms with E-state index in [-0.39, 0.29) is 11.9 Å². The molecule has 21 heavy (non-hydrogen) atoms. The maximum Gasteiger partial charge on any atom is 0.253 e. The van der Waals surface area contributed by atoms with Crippen molar-refractivity contribution in [1.82, 2.24) is 9.62 Å². The first-order chi connectivity index (χ1) is 9.89. The highest BCUT2D eigenvalue weighted by molar-refractivity contribution is 7.88. The van der Waals surface area contributed by atoms with Crippen LogP contribution in [0.2, 0.25) is 0 Å². The molecule has 116 valence electrons. The second kappa shape index (κ2) is 6.77. The predicted octanol–water partition coefficient (Wildman–Crippen LogP) is 1.58. The van der Waals surface area contributed by atoms with Crippen molar-refractivity contribution >= 4 is 27.5 Å². The Kier molecular flexibility index (Phi) is 5.24. The number of amides is 1. The molecule has 1 atom stereocenters. The van der Waals surface area contributed by atoms with Gasteiger partial charge in [-0.1, -0.05) is 12.1 Å². The van der Waals surface area contributed by atoms with Gasteiger partial charge in [0, 0.05) is 30.6 Å². The molecule has 1 aromatic carbocycles. The van der Waals surface area contributed by atoms with Crippen LogP contribution in [0.15, 0.2) is 24.3 Å². The van der Waals surface area contributed by atoms with Gasteiger partial charge in [-0.3, -0.25) is 4.79 Å². The Labute approximate surface area is 130 Å². The van der Waals surface area contributed by atoms with E-state index in [4.69, 9.17) is 11.6 Å². The van der Waals surface area contributed by atoms with E-state index < -0.39 is 10.0 Å². The van der Waals surface area contributed by atoms with E-state index in [0.717, 1.165) is 24.7 Å². The molecule has 1 aliphatic heterocycles. The van der Waals surface area contributed by atoms with Gasteiger partial charge < -0.3 is 4.90 Å². The van der Waals surface area contributed by atoms with Crippen molar-refractivity contribution < 1.29 is 13.2 Å². The average Bonchev–Trinajstić information content (AvgIpc) is 2.45. The molecule has 0 aromatic heterocycles. The highest BCUT2D eigenvalue weighted by Gasteiger charge is 2.26. The van der Waals surface area contributed by atoms with Gasteiger partial charge in [0.15, 0.2) is 0 Å². The van der Waals surface area contributed by atoms with Crippen LogP contribution in [0.4, 0.5) is 0 Å². The Morgan fingerprint density at radius 2 is 2.05 bits per heavy atom. The smallest absolute Gasteiger partial charge is 0.253 e. The Hall–Kier alpha value is -1.11. The van der Waals surface area contributed by atoms with Gasteiger partial charge in [0.05, 0.1) is 6.26 Å². The van der Waals surface area contributed by atoms with Crippen molar-refractivity contribution in [3.63, 3.8) is 0 Å². The minimum atomic E-state index is -3.25. The van der Waals surface area contributed by atoms with Gasteiger partial charge in [0.2, 0.25) is 10.0 Å². The summed E-state index contributed by atoms with van der Waals surface area (Å²) in [5.74, 6) is 0.342. The van der Waals surface area contributed by atoms with Crippen LogP contribution in [0.5, 0.6) is 0 Å². The minimum absolute atomic E-state index is 0.0730. The normalized spacial score (nSPS) is 19.5. The topological polar surface area (TPSA) is 66.5 Å². The van der Waals surface area contributed by atoms with E-state index in [1.165, 1.54) is 0 Å². The van der Waals surface area contributed by atoms with Crippen molar-refractivity contribution in [2.24, 2.45) is 0 Å². The zero-order valence-electron chi connectivity index (χ0n) is 11.9. The van der Waals surface area contributed by atoms with Gasteiger partial charge in [-0.15, -0.1) is 11.6 Å². The number of rotatable bonds is 4. The molecule has 1 unspecified atom stereocenters. The highest BCUT2D eigenvalue weighted by Crippen LogP contribution is 2.15. The van der Waals surface area contributed by atoms with Crippen molar-refractivity contribution in [3.8, 4) is 0 Å². The zero-order valence-corrected chi connectivity index (χ0v) is 13.5. The molecule has 1 saturated heterocycles. The number of carbonyl (C=O) groups is 1. The van der Waals surface area contributed by atoms with Crippen LogP contribution in [0.25, 0.3) is 0 Å². The van der Waals surface area contributed by atoms with E-state index in [0.29, 0.717) is 24.5 Å². The standard InChI is InChI=1S/C14H19ClN2O3S/c1-21(19,20)16-13-3-2-8-17(10-13)14(18)12-6-4-11(9-15)5-7-12/h4-7,13,16H,2-3,8-10H2,1H3. The summed E-state index contributed by atoms with van der Waals surface area (Å²) in [6.45, 7) is 1.06. The van der Waals surface area contributed by atoms with Gasteiger partial charge in [-0.25, -0.2) is 13.1 Å². The number of benzene rings is 1. The molecule has 0 aliphatic carbocycles. The summed E-state index contributed by atoms with van der Waals surface area (Å²) >= 11 is 5.73. The van der Waals surface area contributed by atoms with E-state index >= 15 is 0 Å². The Bertz CT molecular complexity index is 601. The number of carbonyl (C=O) groups excluding carboxylic acids is 1. The predicted molar refractivity (Wildman–Crippen MR) is 82.9 cm³/mol. The molecule has 1 aromatic rings. The molecule has 1 aliphatic rings. The van der Waals surface area contributed by atoms with E-state index in [9.17, 15) is 13.2 Å². The molecule has 2 rings (SSSR count). The van der Waals surface area contributed by atoms with Crippen LogP contribution in [-0.4, -0.2) is 44.6 Å². The van der Waals surface area contributed by atoms with Gasteiger partial charge in [-0.05, 0) is 30.5 Å². The van der Waals surface area contributed by atoms with Crippen LogP contribution in [-0.2, 0) is 15.9 Å². The van der Waals surface area contributed by atoms with Gasteiger partial charge >= 0.3 is 0 Å². The minimum Gasteiger partial charge on any atom is -0.337 e. The third kappa shape index (κ3) is 4.69. The van der Waals surface area contributed by atoms with E-state index in [1.807, 2.05) is 12.1 Å². The first-order valence-electron chi connectivity index (χ1n) is 6.80. The molecule has 0 radical (unpaired) electrons. The number of nitrogens with zero attached hydrogens (tertiary/aromatic N) is 1. The largest absolute Gasteiger partial charge is 0.337 e. The Balaban J connectivity index is 2.04. The van der Waals surface area contributed by atoms with Crippen molar-refractivity contribution in [2.75, 3.05) is 19.3 Å². The number of alkyl halides is 1. The number of nitrogens with one attached hydrogen (secondary N) is 1. The monoisotopic (exact) mass is 330 g/mol. The summed E-state index contributed by atoms with van der Waals surface area (Å²) in [6.07, 6.45) is 2.68. The molecule has 1 heterocycles. The molecule has 0 saturated carbocycles. The number of sulfonamides is 1. The molecular weight excluding hydrogens is 312 g/mol. The van der Waals surface area contributed by atoms with Crippen LogP contribution in [0.1, 0.15) is 28.8 Å². The second-order valence-electron chi connectivity index (χ2n) is 5.31. The van der Waals surface area contributed by atoms with Crippen molar-refractivity contribution in [1.29, 1.82) is 0 Å². The molecular formula is C14H19ClN2O3S. The van der Waals surface area contributed by atoms with Crippen molar-refractivity contribution in [2.45, 2.75) is 24.8 Å². The summed E-state index contributed by atoms with van der Waals surface area (Å²) in [7, 11) is -3.25. The molecule has 1 fully saturated rings. The fraction of sp³-hybridized carbons (Fsp3) is 0.500. The average molecular weight is 331 g/mol. The lowest BCUT2D eigenvalue weighted by molar-refractivity contribution is 0.0703. The molecule has 1 N–H and O–H groups in total. The van der Waals surface area contributed by atoms with Crippen LogP contribution < -0.4 is 4.72 Å². The number of hydrogen-bond acceptors (Lipinski definition) is 3. The van der Waals surface area contributed by atoms with Gasteiger partial charge in [0.25, 0.3) is 5.91 Å². The highest BCUT2D eigenvalue weighted by atomic mass is 35.5. The third-order valence-electron chi connectivity index (χ3n) is 3.44. The zero-order chi connectivity index (χ0) is 15.5.